The van der Waals surface area contributed by atoms with E-state index >= 15 is 0 Å². The summed E-state index contributed by atoms with van der Waals surface area (Å²) < 4.78 is 3.39. The summed E-state index contributed by atoms with van der Waals surface area (Å²) in [4.78, 5) is 15.2. The first-order valence-corrected chi connectivity index (χ1v) is 9.05. The molecule has 0 fully saturated rings. The average Bonchev–Trinajstić information content (AvgIpc) is 3.31. The molecule has 0 aliphatic rings. The molecular weight excluding hydrogens is 376 g/mol. The van der Waals surface area contributed by atoms with Crippen molar-refractivity contribution in [3.63, 3.8) is 0 Å². The highest BCUT2D eigenvalue weighted by Crippen LogP contribution is 2.37. The van der Waals surface area contributed by atoms with Crippen molar-refractivity contribution >= 4 is 33.4 Å². The average molecular weight is 391 g/mol. The van der Waals surface area contributed by atoms with Gasteiger partial charge in [0.15, 0.2) is 11.4 Å². The molecule has 0 aliphatic heterocycles. The molecule has 0 saturated heterocycles. The number of aromatic amines is 1. The zero-order chi connectivity index (χ0) is 19.4. The van der Waals surface area contributed by atoms with Crippen molar-refractivity contribution in [3.05, 3.63) is 76.4 Å². The minimum Gasteiger partial charge on any atom is -0.505 e. The lowest BCUT2D eigenvalue weighted by Crippen LogP contribution is -2.15. The number of hydrogen-bond acceptors (Lipinski definition) is 3. The van der Waals surface area contributed by atoms with Gasteiger partial charge in [0, 0.05) is 47.5 Å². The van der Waals surface area contributed by atoms with Gasteiger partial charge in [0.2, 0.25) is 0 Å². The fraction of sp³-hybridized carbons (Fsp3) is 0.0476. The molecule has 5 aromatic rings. The largest absolute Gasteiger partial charge is 0.505 e. The number of rotatable bonds is 2. The smallest absolute Gasteiger partial charge is 0.278 e. The first kappa shape index (κ1) is 16.6. The number of hydrogen-bond donors (Lipinski definition) is 2. The molecule has 5 rings (SSSR count). The Kier molecular flexibility index (Phi) is 3.57. The monoisotopic (exact) mass is 390 g/mol. The van der Waals surface area contributed by atoms with Gasteiger partial charge in [-0.1, -0.05) is 17.7 Å². The summed E-state index contributed by atoms with van der Waals surface area (Å²) in [6.07, 6.45) is 5.16. The van der Waals surface area contributed by atoms with E-state index < -0.39 is 5.56 Å². The van der Waals surface area contributed by atoms with Gasteiger partial charge in [0.1, 0.15) is 0 Å². The Bertz CT molecular complexity index is 1410. The Hall–Kier alpha value is -3.51. The molecule has 0 spiro atoms. The zero-order valence-corrected chi connectivity index (χ0v) is 15.6. The number of aromatic nitrogens is 4. The molecule has 28 heavy (non-hydrogen) atoms. The molecule has 3 heterocycles. The minimum absolute atomic E-state index is 0.0734. The number of fused-ring (bicyclic) bond motifs is 2. The second-order valence-corrected chi connectivity index (χ2v) is 7.09. The standard InChI is InChI=1S/C21H15ClN4O2/c1-25-8-5-13-9-12(3-4-18(13)25)14-10-15-17(11-16(14)22)24-21(28)19(20(15)27)26-7-2-6-23-26/h2-11H,1H3,(H2,24,27,28). The SMILES string of the molecule is Cn1ccc2cc(-c3cc4c(O)c(-n5cccn5)c(=O)[nH]c4cc3Cl)ccc21. The van der Waals surface area contributed by atoms with E-state index in [-0.39, 0.29) is 11.4 Å². The summed E-state index contributed by atoms with van der Waals surface area (Å²) in [5.41, 5.74) is 2.92. The summed E-state index contributed by atoms with van der Waals surface area (Å²) in [6, 6.07) is 13.3. The van der Waals surface area contributed by atoms with Gasteiger partial charge in [-0.15, -0.1) is 0 Å². The van der Waals surface area contributed by atoms with E-state index in [2.05, 4.69) is 16.1 Å². The summed E-state index contributed by atoms with van der Waals surface area (Å²) in [5.74, 6) is -0.138. The van der Waals surface area contributed by atoms with Crippen molar-refractivity contribution in [1.29, 1.82) is 0 Å². The maximum Gasteiger partial charge on any atom is 0.278 e. The third-order valence-corrected chi connectivity index (χ3v) is 5.29. The second kappa shape index (κ2) is 6.00. The van der Waals surface area contributed by atoms with Crippen LogP contribution < -0.4 is 5.56 Å². The number of aryl methyl sites for hydroxylation is 1. The zero-order valence-electron chi connectivity index (χ0n) is 14.8. The molecule has 138 valence electrons. The normalized spacial score (nSPS) is 11.5. The molecule has 7 heteroatoms. The van der Waals surface area contributed by atoms with E-state index in [1.165, 1.54) is 4.68 Å². The number of nitrogens with zero attached hydrogens (tertiary/aromatic N) is 3. The van der Waals surface area contributed by atoms with E-state index in [1.54, 1.807) is 30.6 Å². The van der Waals surface area contributed by atoms with Crippen molar-refractivity contribution in [2.45, 2.75) is 0 Å². The molecule has 0 aliphatic carbocycles. The Morgan fingerprint density at radius 2 is 2.00 bits per heavy atom. The fourth-order valence-electron chi connectivity index (χ4n) is 3.57. The summed E-state index contributed by atoms with van der Waals surface area (Å²) >= 11 is 6.51. The highest BCUT2D eigenvalue weighted by Gasteiger charge is 2.17. The van der Waals surface area contributed by atoms with Crippen LogP contribution in [0.2, 0.25) is 5.02 Å². The predicted molar refractivity (Wildman–Crippen MR) is 110 cm³/mol. The molecule has 0 saturated carbocycles. The van der Waals surface area contributed by atoms with Crippen LogP contribution in [-0.4, -0.2) is 24.4 Å². The Morgan fingerprint density at radius 1 is 1.14 bits per heavy atom. The van der Waals surface area contributed by atoms with Crippen LogP contribution in [0.1, 0.15) is 0 Å². The summed E-state index contributed by atoms with van der Waals surface area (Å²) in [7, 11) is 2.00. The van der Waals surface area contributed by atoms with Crippen molar-refractivity contribution in [2.75, 3.05) is 0 Å². The van der Waals surface area contributed by atoms with Crippen LogP contribution in [0.3, 0.4) is 0 Å². The first-order valence-electron chi connectivity index (χ1n) is 8.67. The molecule has 0 radical (unpaired) electrons. The van der Waals surface area contributed by atoms with E-state index in [9.17, 15) is 9.90 Å². The van der Waals surface area contributed by atoms with Gasteiger partial charge in [-0.25, -0.2) is 4.68 Å². The van der Waals surface area contributed by atoms with Gasteiger partial charge in [-0.2, -0.15) is 5.10 Å². The van der Waals surface area contributed by atoms with Gasteiger partial charge < -0.3 is 14.7 Å². The highest BCUT2D eigenvalue weighted by atomic mass is 35.5. The Morgan fingerprint density at radius 3 is 2.79 bits per heavy atom. The van der Waals surface area contributed by atoms with E-state index in [0.29, 0.717) is 15.9 Å². The lowest BCUT2D eigenvalue weighted by molar-refractivity contribution is 0.475. The van der Waals surface area contributed by atoms with Gasteiger partial charge in [-0.3, -0.25) is 4.79 Å². The van der Waals surface area contributed by atoms with Crippen LogP contribution in [-0.2, 0) is 7.05 Å². The molecule has 0 amide bonds. The first-order chi connectivity index (χ1) is 13.5. The fourth-order valence-corrected chi connectivity index (χ4v) is 3.85. The van der Waals surface area contributed by atoms with Gasteiger partial charge >= 0.3 is 0 Å². The molecule has 2 N–H and O–H groups in total. The minimum atomic E-state index is -0.441. The van der Waals surface area contributed by atoms with E-state index in [4.69, 9.17) is 11.6 Å². The maximum atomic E-state index is 12.4. The van der Waals surface area contributed by atoms with Gasteiger partial charge in [0.05, 0.1) is 10.5 Å². The second-order valence-electron chi connectivity index (χ2n) is 6.68. The Balaban J connectivity index is 1.77. The molecule has 0 bridgehead atoms. The lowest BCUT2D eigenvalue weighted by atomic mass is 10.0. The van der Waals surface area contributed by atoms with Crippen LogP contribution in [0.15, 0.2) is 65.8 Å². The van der Waals surface area contributed by atoms with Crippen molar-refractivity contribution in [1.82, 2.24) is 19.3 Å². The maximum absolute atomic E-state index is 12.4. The van der Waals surface area contributed by atoms with Crippen LogP contribution >= 0.6 is 11.6 Å². The molecule has 0 atom stereocenters. The number of nitrogens with one attached hydrogen (secondary N) is 1. The molecule has 0 unspecified atom stereocenters. The quantitative estimate of drug-likeness (QED) is 0.473. The summed E-state index contributed by atoms with van der Waals surface area (Å²) in [6.45, 7) is 0. The van der Waals surface area contributed by atoms with E-state index in [1.807, 2.05) is 36.0 Å². The third-order valence-electron chi connectivity index (χ3n) is 4.98. The molecule has 2 aromatic carbocycles. The number of benzene rings is 2. The van der Waals surface area contributed by atoms with Gasteiger partial charge in [0.25, 0.3) is 5.56 Å². The topological polar surface area (TPSA) is 75.8 Å². The predicted octanol–water partition coefficient (Wildman–Crippen LogP) is 4.23. The Labute approximate surface area is 164 Å². The van der Waals surface area contributed by atoms with E-state index in [0.717, 1.165) is 22.0 Å². The molecule has 6 nitrogen and oxygen atoms in total. The van der Waals surface area contributed by atoms with Gasteiger partial charge in [-0.05, 0) is 42.0 Å². The van der Waals surface area contributed by atoms with Crippen LogP contribution in [0.25, 0.3) is 38.6 Å². The summed E-state index contributed by atoms with van der Waals surface area (Å²) in [5, 5.41) is 17.0. The van der Waals surface area contributed by atoms with Crippen LogP contribution in [0.5, 0.6) is 5.75 Å². The van der Waals surface area contributed by atoms with Crippen molar-refractivity contribution in [3.8, 4) is 22.6 Å². The number of H-pyrrole nitrogens is 1. The number of pyridine rings is 1. The van der Waals surface area contributed by atoms with Crippen LogP contribution in [0.4, 0.5) is 0 Å². The molecular formula is C21H15ClN4O2. The van der Waals surface area contributed by atoms with Crippen LogP contribution in [0, 0.1) is 0 Å². The van der Waals surface area contributed by atoms with Crippen molar-refractivity contribution < 1.29 is 5.11 Å². The number of halogens is 1. The molecule has 3 aromatic heterocycles. The number of aromatic hydroxyl groups is 1. The highest BCUT2D eigenvalue weighted by molar-refractivity contribution is 6.34. The lowest BCUT2D eigenvalue weighted by Gasteiger charge is -2.11. The third kappa shape index (κ3) is 2.42. The van der Waals surface area contributed by atoms with Crippen molar-refractivity contribution in [2.24, 2.45) is 7.05 Å².